The van der Waals surface area contributed by atoms with Crippen molar-refractivity contribution in [3.8, 4) is 11.5 Å². The Balaban J connectivity index is 2.06. The molecule has 0 fully saturated rings. The number of methoxy groups -OCH3 is 2. The molecule has 0 aliphatic heterocycles. The van der Waals surface area contributed by atoms with Gasteiger partial charge >= 0.3 is 0 Å². The SMILES string of the molecule is CCc1ccc(CC(=O)NC(CC)c2ccc(OC)c(OC)c2)cc1. The standard InChI is InChI=1S/C21H27NO3/c1-5-15-7-9-16(10-8-15)13-21(23)22-18(6-2)17-11-12-19(24-3)20(14-17)25-4/h7-12,14,18H,5-6,13H2,1-4H3,(H,22,23). The molecular weight excluding hydrogens is 314 g/mol. The molecule has 1 unspecified atom stereocenters. The van der Waals surface area contributed by atoms with Crippen molar-refractivity contribution in [2.24, 2.45) is 0 Å². The number of hydrogen-bond acceptors (Lipinski definition) is 3. The molecule has 4 nitrogen and oxygen atoms in total. The lowest BCUT2D eigenvalue weighted by atomic mass is 10.0. The lowest BCUT2D eigenvalue weighted by molar-refractivity contribution is -0.121. The van der Waals surface area contributed by atoms with Gasteiger partial charge in [-0.25, -0.2) is 0 Å². The molecule has 2 rings (SSSR count). The highest BCUT2D eigenvalue weighted by molar-refractivity contribution is 5.79. The minimum atomic E-state index is -0.0535. The van der Waals surface area contributed by atoms with Gasteiger partial charge in [-0.2, -0.15) is 0 Å². The molecule has 1 atom stereocenters. The largest absolute Gasteiger partial charge is 0.493 e. The van der Waals surface area contributed by atoms with Gasteiger partial charge in [0.1, 0.15) is 0 Å². The Labute approximate surface area is 150 Å². The zero-order chi connectivity index (χ0) is 18.2. The fraction of sp³-hybridized carbons (Fsp3) is 0.381. The number of aryl methyl sites for hydroxylation is 1. The molecule has 0 aromatic heterocycles. The predicted molar refractivity (Wildman–Crippen MR) is 100 cm³/mol. The molecule has 0 radical (unpaired) electrons. The van der Waals surface area contributed by atoms with Crippen molar-refractivity contribution >= 4 is 5.91 Å². The Kier molecular flexibility index (Phi) is 6.87. The number of nitrogens with one attached hydrogen (secondary N) is 1. The van der Waals surface area contributed by atoms with Crippen LogP contribution in [-0.2, 0) is 17.6 Å². The van der Waals surface area contributed by atoms with Crippen LogP contribution in [0.1, 0.15) is 43.0 Å². The number of carbonyl (C=O) groups excluding carboxylic acids is 1. The molecule has 2 aromatic carbocycles. The van der Waals surface area contributed by atoms with Crippen molar-refractivity contribution in [1.82, 2.24) is 5.32 Å². The lowest BCUT2D eigenvalue weighted by Gasteiger charge is -2.19. The molecule has 1 N–H and O–H groups in total. The van der Waals surface area contributed by atoms with E-state index in [-0.39, 0.29) is 11.9 Å². The zero-order valence-electron chi connectivity index (χ0n) is 15.5. The van der Waals surface area contributed by atoms with Crippen molar-refractivity contribution in [2.45, 2.75) is 39.2 Å². The van der Waals surface area contributed by atoms with Gasteiger partial charge in [0.25, 0.3) is 0 Å². The van der Waals surface area contributed by atoms with Gasteiger partial charge in [-0.3, -0.25) is 4.79 Å². The number of ether oxygens (including phenoxy) is 2. The molecule has 0 saturated carbocycles. The zero-order valence-corrected chi connectivity index (χ0v) is 15.5. The number of benzene rings is 2. The number of hydrogen-bond donors (Lipinski definition) is 1. The molecule has 4 heteroatoms. The van der Waals surface area contributed by atoms with Crippen LogP contribution in [0.15, 0.2) is 42.5 Å². The third kappa shape index (κ3) is 4.99. The Bertz CT molecular complexity index is 695. The molecule has 0 bridgehead atoms. The maximum Gasteiger partial charge on any atom is 0.224 e. The average Bonchev–Trinajstić information content (AvgIpc) is 2.66. The van der Waals surface area contributed by atoms with Crippen molar-refractivity contribution in [1.29, 1.82) is 0 Å². The molecule has 0 spiro atoms. The highest BCUT2D eigenvalue weighted by Crippen LogP contribution is 2.30. The van der Waals surface area contributed by atoms with E-state index in [1.165, 1.54) is 5.56 Å². The van der Waals surface area contributed by atoms with E-state index in [1.54, 1.807) is 14.2 Å². The van der Waals surface area contributed by atoms with E-state index in [9.17, 15) is 4.79 Å². The highest BCUT2D eigenvalue weighted by Gasteiger charge is 2.15. The van der Waals surface area contributed by atoms with Crippen LogP contribution in [0.3, 0.4) is 0 Å². The Hall–Kier alpha value is -2.49. The van der Waals surface area contributed by atoms with Crippen LogP contribution < -0.4 is 14.8 Å². The summed E-state index contributed by atoms with van der Waals surface area (Å²) in [6.45, 7) is 4.17. The quantitative estimate of drug-likeness (QED) is 0.787. The third-order valence-electron chi connectivity index (χ3n) is 4.35. The first kappa shape index (κ1) is 18.8. The van der Waals surface area contributed by atoms with Crippen LogP contribution in [0.5, 0.6) is 11.5 Å². The predicted octanol–water partition coefficient (Wildman–Crippen LogP) is 4.08. The Morgan fingerprint density at radius 2 is 1.60 bits per heavy atom. The summed E-state index contributed by atoms with van der Waals surface area (Å²) in [5.41, 5.74) is 3.31. The summed E-state index contributed by atoms with van der Waals surface area (Å²) in [5, 5.41) is 3.11. The van der Waals surface area contributed by atoms with E-state index < -0.39 is 0 Å². The fourth-order valence-electron chi connectivity index (χ4n) is 2.81. The summed E-state index contributed by atoms with van der Waals surface area (Å²) in [6, 6.07) is 13.9. The van der Waals surface area contributed by atoms with Gasteiger partial charge in [0.2, 0.25) is 5.91 Å². The minimum Gasteiger partial charge on any atom is -0.493 e. The second-order valence-corrected chi connectivity index (χ2v) is 5.99. The van der Waals surface area contributed by atoms with Crippen LogP contribution in [0.2, 0.25) is 0 Å². The van der Waals surface area contributed by atoms with Gasteiger partial charge in [0, 0.05) is 0 Å². The normalized spacial score (nSPS) is 11.7. The van der Waals surface area contributed by atoms with Gasteiger partial charge in [0.05, 0.1) is 26.7 Å². The van der Waals surface area contributed by atoms with Gasteiger partial charge < -0.3 is 14.8 Å². The first-order valence-corrected chi connectivity index (χ1v) is 8.70. The number of amides is 1. The van der Waals surface area contributed by atoms with Crippen molar-refractivity contribution in [3.63, 3.8) is 0 Å². The molecule has 134 valence electrons. The van der Waals surface area contributed by atoms with Crippen LogP contribution >= 0.6 is 0 Å². The summed E-state index contributed by atoms with van der Waals surface area (Å²) in [4.78, 5) is 12.4. The lowest BCUT2D eigenvalue weighted by Crippen LogP contribution is -2.29. The van der Waals surface area contributed by atoms with Gasteiger partial charge in [-0.05, 0) is 41.7 Å². The van der Waals surface area contributed by atoms with E-state index in [0.29, 0.717) is 17.9 Å². The highest BCUT2D eigenvalue weighted by atomic mass is 16.5. The molecule has 0 saturated heterocycles. The van der Waals surface area contributed by atoms with Gasteiger partial charge in [-0.15, -0.1) is 0 Å². The second kappa shape index (κ2) is 9.11. The van der Waals surface area contributed by atoms with Gasteiger partial charge in [-0.1, -0.05) is 44.2 Å². The van der Waals surface area contributed by atoms with Crippen molar-refractivity contribution in [3.05, 3.63) is 59.2 Å². The smallest absolute Gasteiger partial charge is 0.224 e. The summed E-state index contributed by atoms with van der Waals surface area (Å²) < 4.78 is 10.6. The van der Waals surface area contributed by atoms with E-state index in [2.05, 4.69) is 31.3 Å². The summed E-state index contributed by atoms with van der Waals surface area (Å²) in [6.07, 6.45) is 2.19. The molecule has 2 aromatic rings. The summed E-state index contributed by atoms with van der Waals surface area (Å²) in [7, 11) is 3.22. The maximum atomic E-state index is 12.4. The fourth-order valence-corrected chi connectivity index (χ4v) is 2.81. The molecule has 25 heavy (non-hydrogen) atoms. The molecule has 1 amide bonds. The Morgan fingerprint density at radius 1 is 0.960 bits per heavy atom. The molecule has 0 aliphatic rings. The first-order chi connectivity index (χ1) is 12.1. The second-order valence-electron chi connectivity index (χ2n) is 5.99. The summed E-state index contributed by atoms with van der Waals surface area (Å²) >= 11 is 0. The van der Waals surface area contributed by atoms with Crippen LogP contribution in [0.4, 0.5) is 0 Å². The topological polar surface area (TPSA) is 47.6 Å². The third-order valence-corrected chi connectivity index (χ3v) is 4.35. The maximum absolute atomic E-state index is 12.4. The average molecular weight is 341 g/mol. The van der Waals surface area contributed by atoms with Gasteiger partial charge in [0.15, 0.2) is 11.5 Å². The molecule has 0 heterocycles. The Morgan fingerprint density at radius 3 is 2.16 bits per heavy atom. The van der Waals surface area contributed by atoms with E-state index in [0.717, 1.165) is 24.0 Å². The van der Waals surface area contributed by atoms with Crippen LogP contribution in [0, 0.1) is 0 Å². The van der Waals surface area contributed by atoms with Crippen molar-refractivity contribution in [2.75, 3.05) is 14.2 Å². The van der Waals surface area contributed by atoms with E-state index in [1.807, 2.05) is 30.3 Å². The van der Waals surface area contributed by atoms with E-state index >= 15 is 0 Å². The monoisotopic (exact) mass is 341 g/mol. The summed E-state index contributed by atoms with van der Waals surface area (Å²) in [5.74, 6) is 1.37. The first-order valence-electron chi connectivity index (χ1n) is 8.70. The van der Waals surface area contributed by atoms with Crippen LogP contribution in [-0.4, -0.2) is 20.1 Å². The minimum absolute atomic E-state index is 0.0193. The number of rotatable bonds is 8. The van der Waals surface area contributed by atoms with Crippen molar-refractivity contribution < 1.29 is 14.3 Å². The molecule has 0 aliphatic carbocycles. The van der Waals surface area contributed by atoms with E-state index in [4.69, 9.17) is 9.47 Å². The van der Waals surface area contributed by atoms with Crippen LogP contribution in [0.25, 0.3) is 0 Å². The number of carbonyl (C=O) groups is 1. The molecular formula is C21H27NO3.